The van der Waals surface area contributed by atoms with Gasteiger partial charge in [0.1, 0.15) is 5.75 Å². The van der Waals surface area contributed by atoms with Gasteiger partial charge in [0, 0.05) is 5.56 Å². The average Bonchev–Trinajstić information content (AvgIpc) is 2.57. The number of phenols is 1. The van der Waals surface area contributed by atoms with Crippen LogP contribution < -0.4 is 0 Å². The predicted octanol–water partition coefficient (Wildman–Crippen LogP) is 3.00. The fourth-order valence-corrected chi connectivity index (χ4v) is 2.23. The van der Waals surface area contributed by atoms with E-state index >= 15 is 0 Å². The van der Waals surface area contributed by atoms with Gasteiger partial charge in [-0.15, -0.1) is 0 Å². The van der Waals surface area contributed by atoms with Crippen LogP contribution in [0.5, 0.6) is 5.75 Å². The summed E-state index contributed by atoms with van der Waals surface area (Å²) in [6.07, 6.45) is 4.32. The molecule has 0 fully saturated rings. The first-order valence-electron chi connectivity index (χ1n) is 5.15. The summed E-state index contributed by atoms with van der Waals surface area (Å²) in [5.74, 6) is 0.439. The molecule has 0 heterocycles. The lowest BCUT2D eigenvalue weighted by Crippen LogP contribution is -1.95. The topological polar surface area (TPSA) is 20.2 Å². The number of aryl methyl sites for hydroxylation is 1. The van der Waals surface area contributed by atoms with Crippen LogP contribution in [-0.4, -0.2) is 5.11 Å². The Morgan fingerprint density at radius 2 is 2.21 bits per heavy atom. The Bertz CT molecular complexity index is 377. The number of allylic oxidation sites excluding steroid dienone is 1. The molecule has 0 radical (unpaired) electrons. The summed E-state index contributed by atoms with van der Waals surface area (Å²) < 4.78 is 0. The molecular weight excluding hydrogens is 172 g/mol. The summed E-state index contributed by atoms with van der Waals surface area (Å²) in [6.45, 7) is 5.91. The number of benzene rings is 1. The van der Waals surface area contributed by atoms with Crippen molar-refractivity contribution in [1.82, 2.24) is 0 Å². The highest BCUT2D eigenvalue weighted by Crippen LogP contribution is 2.32. The third-order valence-electron chi connectivity index (χ3n) is 2.85. The smallest absolute Gasteiger partial charge is 0.119 e. The van der Waals surface area contributed by atoms with E-state index in [4.69, 9.17) is 0 Å². The molecule has 0 saturated carbocycles. The Morgan fingerprint density at radius 3 is 2.93 bits per heavy atom. The maximum Gasteiger partial charge on any atom is 0.119 e. The number of hydrogen-bond acceptors (Lipinski definition) is 1. The van der Waals surface area contributed by atoms with Gasteiger partial charge in [-0.1, -0.05) is 18.2 Å². The van der Waals surface area contributed by atoms with E-state index in [2.05, 4.69) is 12.6 Å². The second-order valence-corrected chi connectivity index (χ2v) is 4.19. The zero-order valence-corrected chi connectivity index (χ0v) is 8.64. The number of rotatable bonds is 2. The van der Waals surface area contributed by atoms with Crippen molar-refractivity contribution in [3.63, 3.8) is 0 Å². The molecule has 1 aromatic carbocycles. The molecule has 0 amide bonds. The summed E-state index contributed by atoms with van der Waals surface area (Å²) >= 11 is 0. The Morgan fingerprint density at radius 1 is 1.43 bits per heavy atom. The van der Waals surface area contributed by atoms with Gasteiger partial charge in [0.25, 0.3) is 0 Å². The van der Waals surface area contributed by atoms with Crippen molar-refractivity contribution in [2.24, 2.45) is 0 Å². The van der Waals surface area contributed by atoms with Crippen molar-refractivity contribution in [3.05, 3.63) is 41.0 Å². The van der Waals surface area contributed by atoms with Crippen molar-refractivity contribution < 1.29 is 5.11 Å². The standard InChI is InChI=1S/C13H16O/c1-9(2)8-12-11-5-3-4-10(11)6-7-13(12)14/h6-7,14H,1,3-5,8H2,2H3. The van der Waals surface area contributed by atoms with E-state index in [9.17, 15) is 5.11 Å². The van der Waals surface area contributed by atoms with Crippen LogP contribution in [-0.2, 0) is 19.3 Å². The maximum atomic E-state index is 9.78. The molecule has 1 nitrogen and oxygen atoms in total. The number of aromatic hydroxyl groups is 1. The van der Waals surface area contributed by atoms with Crippen LogP contribution in [0.25, 0.3) is 0 Å². The molecule has 0 unspecified atom stereocenters. The molecule has 0 spiro atoms. The quantitative estimate of drug-likeness (QED) is 0.707. The highest BCUT2D eigenvalue weighted by atomic mass is 16.3. The number of fused-ring (bicyclic) bond motifs is 1. The SMILES string of the molecule is C=C(C)Cc1c(O)ccc2c1CCC2. The molecule has 74 valence electrons. The molecule has 1 aliphatic carbocycles. The lowest BCUT2D eigenvalue weighted by molar-refractivity contribution is 0.468. The zero-order chi connectivity index (χ0) is 10.1. The molecule has 14 heavy (non-hydrogen) atoms. The van der Waals surface area contributed by atoms with Crippen molar-refractivity contribution in [2.45, 2.75) is 32.6 Å². The normalized spacial score (nSPS) is 14.1. The number of hydrogen-bond donors (Lipinski definition) is 1. The molecule has 0 atom stereocenters. The predicted molar refractivity (Wildman–Crippen MR) is 58.6 cm³/mol. The Balaban J connectivity index is 2.46. The fourth-order valence-electron chi connectivity index (χ4n) is 2.23. The van der Waals surface area contributed by atoms with Gasteiger partial charge in [-0.2, -0.15) is 0 Å². The lowest BCUT2D eigenvalue weighted by atomic mass is 9.97. The van der Waals surface area contributed by atoms with Crippen molar-refractivity contribution in [1.29, 1.82) is 0 Å². The van der Waals surface area contributed by atoms with Gasteiger partial charge in [0.2, 0.25) is 0 Å². The van der Waals surface area contributed by atoms with E-state index in [1.54, 1.807) is 0 Å². The molecule has 0 bridgehead atoms. The minimum absolute atomic E-state index is 0.439. The minimum atomic E-state index is 0.439. The average molecular weight is 188 g/mol. The monoisotopic (exact) mass is 188 g/mol. The molecule has 1 aliphatic rings. The Kier molecular flexibility index (Phi) is 2.32. The molecule has 0 aromatic heterocycles. The second-order valence-electron chi connectivity index (χ2n) is 4.19. The van der Waals surface area contributed by atoms with Gasteiger partial charge >= 0.3 is 0 Å². The first-order valence-corrected chi connectivity index (χ1v) is 5.15. The van der Waals surface area contributed by atoms with Crippen LogP contribution in [0, 0.1) is 0 Å². The van der Waals surface area contributed by atoms with Crippen molar-refractivity contribution in [3.8, 4) is 5.75 Å². The van der Waals surface area contributed by atoms with Gasteiger partial charge in [-0.05, 0) is 49.8 Å². The molecule has 2 rings (SSSR count). The summed E-state index contributed by atoms with van der Waals surface area (Å²) in [7, 11) is 0. The fraction of sp³-hybridized carbons (Fsp3) is 0.385. The molecule has 1 heteroatoms. The van der Waals surface area contributed by atoms with Crippen LogP contribution in [0.4, 0.5) is 0 Å². The first-order chi connectivity index (χ1) is 6.68. The summed E-state index contributed by atoms with van der Waals surface area (Å²) in [5, 5.41) is 9.78. The summed E-state index contributed by atoms with van der Waals surface area (Å²) in [4.78, 5) is 0. The van der Waals surface area contributed by atoms with E-state index < -0.39 is 0 Å². The second kappa shape index (κ2) is 3.49. The molecule has 1 aromatic rings. The molecule has 1 N–H and O–H groups in total. The Labute approximate surface area is 85.1 Å². The van der Waals surface area contributed by atoms with Gasteiger partial charge < -0.3 is 5.11 Å². The van der Waals surface area contributed by atoms with Crippen molar-refractivity contribution in [2.75, 3.05) is 0 Å². The van der Waals surface area contributed by atoms with Gasteiger partial charge in [0.15, 0.2) is 0 Å². The third-order valence-corrected chi connectivity index (χ3v) is 2.85. The van der Waals surface area contributed by atoms with Crippen LogP contribution in [0.15, 0.2) is 24.3 Å². The van der Waals surface area contributed by atoms with E-state index in [-0.39, 0.29) is 0 Å². The first kappa shape index (κ1) is 9.32. The Hall–Kier alpha value is -1.24. The van der Waals surface area contributed by atoms with Gasteiger partial charge in [-0.3, -0.25) is 0 Å². The molecule has 0 saturated heterocycles. The van der Waals surface area contributed by atoms with Gasteiger partial charge in [0.05, 0.1) is 0 Å². The van der Waals surface area contributed by atoms with E-state index in [1.165, 1.54) is 24.0 Å². The lowest BCUT2D eigenvalue weighted by Gasteiger charge is -2.10. The summed E-state index contributed by atoms with van der Waals surface area (Å²) in [6, 6.07) is 3.88. The van der Waals surface area contributed by atoms with E-state index in [0.29, 0.717) is 5.75 Å². The highest BCUT2D eigenvalue weighted by molar-refractivity contribution is 5.48. The zero-order valence-electron chi connectivity index (χ0n) is 8.64. The van der Waals surface area contributed by atoms with Crippen molar-refractivity contribution >= 4 is 0 Å². The summed E-state index contributed by atoms with van der Waals surface area (Å²) in [5.41, 5.74) is 5.00. The van der Waals surface area contributed by atoms with Crippen LogP contribution in [0.1, 0.15) is 30.0 Å². The van der Waals surface area contributed by atoms with Gasteiger partial charge in [-0.25, -0.2) is 0 Å². The highest BCUT2D eigenvalue weighted by Gasteiger charge is 2.17. The van der Waals surface area contributed by atoms with Crippen LogP contribution in [0.3, 0.4) is 0 Å². The van der Waals surface area contributed by atoms with Crippen LogP contribution >= 0.6 is 0 Å². The maximum absolute atomic E-state index is 9.78. The third kappa shape index (κ3) is 1.54. The van der Waals surface area contributed by atoms with E-state index in [0.717, 1.165) is 24.0 Å². The molecule has 0 aliphatic heterocycles. The van der Waals surface area contributed by atoms with E-state index in [1.807, 2.05) is 13.0 Å². The molecular formula is C13H16O. The largest absolute Gasteiger partial charge is 0.508 e. The number of phenolic OH excluding ortho intramolecular Hbond substituents is 1. The van der Waals surface area contributed by atoms with Crippen LogP contribution in [0.2, 0.25) is 0 Å². The minimum Gasteiger partial charge on any atom is -0.508 e.